The second kappa shape index (κ2) is 6.79. The first-order valence-electron chi connectivity index (χ1n) is 9.15. The van der Waals surface area contributed by atoms with Gasteiger partial charge in [0.15, 0.2) is 0 Å². The predicted molar refractivity (Wildman–Crippen MR) is 111 cm³/mol. The molecule has 0 amide bonds. The molecule has 0 aliphatic carbocycles. The summed E-state index contributed by atoms with van der Waals surface area (Å²) in [4.78, 5) is 7.15. The zero-order chi connectivity index (χ0) is 19.1. The summed E-state index contributed by atoms with van der Waals surface area (Å²) in [5, 5.41) is 0. The first-order chi connectivity index (χ1) is 12.9. The number of rotatable bonds is 4. The summed E-state index contributed by atoms with van der Waals surface area (Å²) in [6, 6.07) is 24.4. The summed E-state index contributed by atoms with van der Waals surface area (Å²) >= 11 is -2.32. The molecule has 138 valence electrons. The molecule has 4 rings (SSSR count). The van der Waals surface area contributed by atoms with Crippen molar-refractivity contribution in [3.63, 3.8) is 0 Å². The zero-order valence-corrected chi connectivity index (χ0v) is 19.0. The van der Waals surface area contributed by atoms with E-state index in [4.69, 9.17) is 14.2 Å². The van der Waals surface area contributed by atoms with E-state index in [-0.39, 0.29) is 0 Å². The summed E-state index contributed by atoms with van der Waals surface area (Å²) in [7, 11) is 1.69. The maximum atomic E-state index is 6.58. The molecule has 0 spiro atoms. The Labute approximate surface area is 164 Å². The molecule has 1 aliphatic heterocycles. The summed E-state index contributed by atoms with van der Waals surface area (Å²) in [5.74, 6) is 1.15. The van der Waals surface area contributed by atoms with Crippen LogP contribution in [0.4, 0.5) is 0 Å². The van der Waals surface area contributed by atoms with Crippen molar-refractivity contribution in [3.05, 3.63) is 83.9 Å². The monoisotopic (exact) mass is 468 g/mol. The number of benzene rings is 3. The van der Waals surface area contributed by atoms with E-state index in [9.17, 15) is 0 Å². The molecule has 0 fully saturated rings. The van der Waals surface area contributed by atoms with Crippen LogP contribution in [0.3, 0.4) is 0 Å². The Morgan fingerprint density at radius 1 is 0.778 bits per heavy atom. The van der Waals surface area contributed by atoms with E-state index >= 15 is 0 Å². The molecular formula is C23H24O3Sn. The Morgan fingerprint density at radius 2 is 1.33 bits per heavy atom. The molecule has 0 aromatic heterocycles. The number of hydrogen-bond acceptors (Lipinski definition) is 3. The Balaban J connectivity index is 1.91. The molecular weight excluding hydrogens is 443 g/mol. The SMILES string of the molecule is COc1c[c]([Sn]([CH3])([CH3])[CH3])cc2c1OC(c1ccccc1)(c1ccccc1)O2. The summed E-state index contributed by atoms with van der Waals surface area (Å²) < 4.78 is 20.1. The fourth-order valence-electron chi connectivity index (χ4n) is 3.37. The van der Waals surface area contributed by atoms with Crippen LogP contribution in [-0.4, -0.2) is 25.5 Å². The zero-order valence-electron chi connectivity index (χ0n) is 16.2. The van der Waals surface area contributed by atoms with Crippen molar-refractivity contribution in [2.75, 3.05) is 7.11 Å². The van der Waals surface area contributed by atoms with Crippen molar-refractivity contribution in [1.82, 2.24) is 0 Å². The molecule has 27 heavy (non-hydrogen) atoms. The van der Waals surface area contributed by atoms with Gasteiger partial charge in [-0.2, -0.15) is 0 Å². The molecule has 0 N–H and O–H groups in total. The second-order valence-electron chi connectivity index (χ2n) is 7.81. The summed E-state index contributed by atoms with van der Waals surface area (Å²) in [5.41, 5.74) is 1.91. The van der Waals surface area contributed by atoms with Gasteiger partial charge in [0.2, 0.25) is 0 Å². The number of fused-ring (bicyclic) bond motifs is 1. The van der Waals surface area contributed by atoms with Crippen LogP contribution >= 0.6 is 0 Å². The Hall–Kier alpha value is -2.14. The molecule has 0 saturated heterocycles. The summed E-state index contributed by atoms with van der Waals surface area (Å²) in [6.07, 6.45) is 0. The van der Waals surface area contributed by atoms with Crippen molar-refractivity contribution in [3.8, 4) is 17.2 Å². The van der Waals surface area contributed by atoms with E-state index in [1.165, 1.54) is 3.58 Å². The van der Waals surface area contributed by atoms with E-state index in [0.717, 1.165) is 22.6 Å². The molecule has 0 bridgehead atoms. The Bertz CT molecular complexity index is 907. The van der Waals surface area contributed by atoms with Crippen molar-refractivity contribution in [1.29, 1.82) is 0 Å². The van der Waals surface area contributed by atoms with Crippen LogP contribution in [-0.2, 0) is 5.79 Å². The first-order valence-corrected chi connectivity index (χ1v) is 19.1. The fraction of sp³-hybridized carbons (Fsp3) is 0.217. The van der Waals surface area contributed by atoms with Gasteiger partial charge < -0.3 is 0 Å². The maximum absolute atomic E-state index is 6.58. The normalized spacial score (nSPS) is 14.8. The van der Waals surface area contributed by atoms with Gasteiger partial charge in [-0.05, 0) is 0 Å². The quantitative estimate of drug-likeness (QED) is 0.511. The van der Waals surface area contributed by atoms with Gasteiger partial charge in [0.25, 0.3) is 0 Å². The number of methoxy groups -OCH3 is 1. The van der Waals surface area contributed by atoms with Crippen LogP contribution in [0.25, 0.3) is 0 Å². The minimum absolute atomic E-state index is 0.671. The molecule has 3 nitrogen and oxygen atoms in total. The first kappa shape index (κ1) is 18.2. The second-order valence-corrected chi connectivity index (χ2v) is 22.3. The van der Waals surface area contributed by atoms with Gasteiger partial charge in [0, 0.05) is 0 Å². The minimum atomic E-state index is -2.32. The molecule has 0 atom stereocenters. The third-order valence-corrected chi connectivity index (χ3v) is 10.7. The molecule has 0 unspecified atom stereocenters. The molecule has 1 aliphatic rings. The average molecular weight is 467 g/mol. The van der Waals surface area contributed by atoms with E-state index in [0.29, 0.717) is 5.75 Å². The number of ether oxygens (including phenoxy) is 3. The number of hydrogen-bond donors (Lipinski definition) is 0. The van der Waals surface area contributed by atoms with Gasteiger partial charge in [-0.15, -0.1) is 0 Å². The van der Waals surface area contributed by atoms with Crippen molar-refractivity contribution in [2.24, 2.45) is 0 Å². The van der Waals surface area contributed by atoms with E-state index in [1.54, 1.807) is 7.11 Å². The topological polar surface area (TPSA) is 27.7 Å². The van der Waals surface area contributed by atoms with Gasteiger partial charge in [0.05, 0.1) is 0 Å². The molecule has 4 heteroatoms. The third-order valence-electron chi connectivity index (χ3n) is 4.91. The van der Waals surface area contributed by atoms with Crippen LogP contribution in [0.5, 0.6) is 17.2 Å². The van der Waals surface area contributed by atoms with Crippen molar-refractivity contribution < 1.29 is 14.2 Å². The van der Waals surface area contributed by atoms with Gasteiger partial charge in [-0.1, -0.05) is 0 Å². The Kier molecular flexibility index (Phi) is 4.58. The van der Waals surface area contributed by atoms with Crippen molar-refractivity contribution >= 4 is 22.0 Å². The summed E-state index contributed by atoms with van der Waals surface area (Å²) in [6.45, 7) is 0. The van der Waals surface area contributed by atoms with E-state index in [2.05, 4.69) is 27.0 Å². The van der Waals surface area contributed by atoms with E-state index in [1.807, 2.05) is 60.7 Å². The van der Waals surface area contributed by atoms with Gasteiger partial charge in [0.1, 0.15) is 0 Å². The van der Waals surface area contributed by atoms with Crippen LogP contribution in [0, 0.1) is 0 Å². The van der Waals surface area contributed by atoms with Crippen LogP contribution < -0.4 is 17.8 Å². The van der Waals surface area contributed by atoms with E-state index < -0.39 is 24.2 Å². The van der Waals surface area contributed by atoms with Crippen LogP contribution in [0.15, 0.2) is 72.8 Å². The van der Waals surface area contributed by atoms with Crippen LogP contribution in [0.2, 0.25) is 14.8 Å². The standard InChI is InChI=1S/C20H15O3.3CH3.Sn/c1-21-17-13-8-14-18-19(17)23-20(22-18,15-9-4-2-5-10-15)16-11-6-3-7-12-16;;;;/h2-7,9-14H,1H3;3*1H3;. The molecule has 3 aromatic rings. The average Bonchev–Trinajstić information content (AvgIpc) is 3.09. The molecule has 0 radical (unpaired) electrons. The van der Waals surface area contributed by atoms with Gasteiger partial charge >= 0.3 is 165 Å². The molecule has 0 saturated carbocycles. The van der Waals surface area contributed by atoms with Gasteiger partial charge in [-0.3, -0.25) is 0 Å². The fourth-order valence-corrected chi connectivity index (χ4v) is 6.59. The van der Waals surface area contributed by atoms with Gasteiger partial charge in [-0.25, -0.2) is 0 Å². The predicted octanol–water partition coefficient (Wildman–Crippen LogP) is 4.91. The Morgan fingerprint density at radius 3 is 1.81 bits per heavy atom. The van der Waals surface area contributed by atoms with Crippen molar-refractivity contribution in [2.45, 2.75) is 20.6 Å². The molecule has 1 heterocycles. The molecule has 3 aromatic carbocycles. The van der Waals surface area contributed by atoms with Crippen LogP contribution in [0.1, 0.15) is 11.1 Å². The third kappa shape index (κ3) is 3.18.